The van der Waals surface area contributed by atoms with E-state index in [9.17, 15) is 4.79 Å². The lowest BCUT2D eigenvalue weighted by molar-refractivity contribution is -0.115. The van der Waals surface area contributed by atoms with E-state index in [4.69, 9.17) is 0 Å². The van der Waals surface area contributed by atoms with Crippen molar-refractivity contribution in [2.45, 2.75) is 60.8 Å². The van der Waals surface area contributed by atoms with Crippen LogP contribution in [0, 0.1) is 12.8 Å². The Labute approximate surface area is 119 Å². The molecule has 1 aromatic rings. The molecule has 1 rings (SSSR count). The Balaban J connectivity index is 0. The number of aryl methyl sites for hydroxylation is 2. The second kappa shape index (κ2) is 13.1. The van der Waals surface area contributed by atoms with Crippen molar-refractivity contribution >= 4 is 5.91 Å². The molecule has 0 radical (unpaired) electrons. The first-order valence-corrected chi connectivity index (χ1v) is 7.18. The summed E-state index contributed by atoms with van der Waals surface area (Å²) in [4.78, 5) is 9.22. The highest BCUT2D eigenvalue weighted by Crippen LogP contribution is 2.03. The molecule has 0 aliphatic heterocycles. The Morgan fingerprint density at radius 1 is 1.21 bits per heavy atom. The molecular formula is C17H31NO. The number of hydrogen-bond donors (Lipinski definition) is 1. The van der Waals surface area contributed by atoms with Crippen LogP contribution < -0.4 is 5.73 Å². The van der Waals surface area contributed by atoms with Gasteiger partial charge < -0.3 is 5.73 Å². The summed E-state index contributed by atoms with van der Waals surface area (Å²) in [5.41, 5.74) is 7.25. The van der Waals surface area contributed by atoms with Crippen molar-refractivity contribution in [2.75, 3.05) is 0 Å². The minimum Gasteiger partial charge on any atom is -0.370 e. The Hall–Kier alpha value is -1.31. The smallest absolute Gasteiger partial charge is 0.214 e. The van der Waals surface area contributed by atoms with Crippen LogP contribution in [0.5, 0.6) is 0 Å². The summed E-state index contributed by atoms with van der Waals surface area (Å²) in [5, 5.41) is 0. The van der Waals surface area contributed by atoms with Gasteiger partial charge in [0.2, 0.25) is 5.91 Å². The third-order valence-corrected chi connectivity index (χ3v) is 2.88. The molecule has 0 heterocycles. The van der Waals surface area contributed by atoms with Gasteiger partial charge in [0.1, 0.15) is 0 Å². The zero-order chi connectivity index (χ0) is 15.3. The lowest BCUT2D eigenvalue weighted by atomic mass is 10.1. The van der Waals surface area contributed by atoms with Crippen molar-refractivity contribution in [3.63, 3.8) is 0 Å². The van der Waals surface area contributed by atoms with Gasteiger partial charge in [-0.1, -0.05) is 70.4 Å². The van der Waals surface area contributed by atoms with E-state index in [1.54, 1.807) is 0 Å². The molecule has 19 heavy (non-hydrogen) atoms. The van der Waals surface area contributed by atoms with Crippen LogP contribution in [0.4, 0.5) is 0 Å². The van der Waals surface area contributed by atoms with Crippen molar-refractivity contribution in [3.8, 4) is 0 Å². The van der Waals surface area contributed by atoms with Crippen LogP contribution in [0.2, 0.25) is 0 Å². The summed E-state index contributed by atoms with van der Waals surface area (Å²) in [6.07, 6.45) is 3.80. The average molecular weight is 265 g/mol. The van der Waals surface area contributed by atoms with Crippen LogP contribution in [0.25, 0.3) is 0 Å². The van der Waals surface area contributed by atoms with Crippen LogP contribution >= 0.6 is 0 Å². The second-order valence-electron chi connectivity index (χ2n) is 4.87. The van der Waals surface area contributed by atoms with E-state index >= 15 is 0 Å². The highest BCUT2D eigenvalue weighted by atomic mass is 16.1. The summed E-state index contributed by atoms with van der Waals surface area (Å²) in [6.45, 7) is 12.3. The summed E-state index contributed by atoms with van der Waals surface area (Å²) in [6, 6.07) is 8.61. The number of benzene rings is 1. The van der Waals surface area contributed by atoms with E-state index in [0.717, 1.165) is 12.3 Å². The average Bonchev–Trinajstić information content (AvgIpc) is 2.37. The molecule has 2 nitrogen and oxygen atoms in total. The Kier molecular flexibility index (Phi) is 13.8. The molecule has 0 aliphatic carbocycles. The summed E-state index contributed by atoms with van der Waals surface area (Å²) in [5.74, 6) is 0.602. The molecule has 0 aromatic heterocycles. The van der Waals surface area contributed by atoms with E-state index < -0.39 is 0 Å². The zero-order valence-corrected chi connectivity index (χ0v) is 13.5. The topological polar surface area (TPSA) is 43.1 Å². The molecule has 2 heteroatoms. The molecular weight excluding hydrogens is 234 g/mol. The fraction of sp³-hybridized carbons (Fsp3) is 0.588. The maximum Gasteiger partial charge on any atom is 0.214 e. The standard InChI is InChI=1S/C9H12.C6H14.C2H5NO/c1-3-9-6-4-5-8(2)7-9;1-4-6(3)5-2;1-2(3)4/h4-7H,3H2,1-2H3;6H,4-5H2,1-3H3;1H3,(H2,3,4). The predicted molar refractivity (Wildman–Crippen MR) is 85.2 cm³/mol. The molecule has 0 atom stereocenters. The molecule has 0 fully saturated rings. The van der Waals surface area contributed by atoms with E-state index in [-0.39, 0.29) is 5.91 Å². The third-order valence-electron chi connectivity index (χ3n) is 2.88. The van der Waals surface area contributed by atoms with Gasteiger partial charge in [-0.05, 0) is 24.8 Å². The van der Waals surface area contributed by atoms with Gasteiger partial charge in [-0.25, -0.2) is 0 Å². The van der Waals surface area contributed by atoms with Gasteiger partial charge in [0.25, 0.3) is 0 Å². The Bertz CT molecular complexity index is 326. The molecule has 0 saturated carbocycles. The first kappa shape index (κ1) is 20.0. The van der Waals surface area contributed by atoms with Gasteiger partial charge in [-0.2, -0.15) is 0 Å². The highest BCUT2D eigenvalue weighted by molar-refractivity contribution is 5.70. The number of rotatable bonds is 3. The van der Waals surface area contributed by atoms with Gasteiger partial charge in [0.05, 0.1) is 0 Å². The second-order valence-corrected chi connectivity index (χ2v) is 4.87. The monoisotopic (exact) mass is 265 g/mol. The van der Waals surface area contributed by atoms with Crippen LogP contribution in [0.3, 0.4) is 0 Å². The molecule has 1 amide bonds. The first-order valence-electron chi connectivity index (χ1n) is 7.18. The summed E-state index contributed by atoms with van der Waals surface area (Å²) in [7, 11) is 0. The zero-order valence-electron chi connectivity index (χ0n) is 13.5. The van der Waals surface area contributed by atoms with E-state index in [1.165, 1.54) is 30.9 Å². The van der Waals surface area contributed by atoms with Gasteiger partial charge in [0, 0.05) is 6.92 Å². The number of carbonyl (C=O) groups is 1. The minimum absolute atomic E-state index is 0.333. The van der Waals surface area contributed by atoms with Crippen LogP contribution in [-0.4, -0.2) is 5.91 Å². The predicted octanol–water partition coefficient (Wildman–Crippen LogP) is 4.49. The first-order chi connectivity index (χ1) is 8.87. The molecule has 1 aromatic carbocycles. The van der Waals surface area contributed by atoms with Gasteiger partial charge in [-0.3, -0.25) is 4.79 Å². The van der Waals surface area contributed by atoms with Crippen molar-refractivity contribution in [1.29, 1.82) is 0 Å². The SMILES string of the molecule is CC(N)=O.CCC(C)CC.CCc1cccc(C)c1. The fourth-order valence-corrected chi connectivity index (χ4v) is 1.22. The molecule has 0 spiro atoms. The van der Waals surface area contributed by atoms with Crippen LogP contribution in [-0.2, 0) is 11.2 Å². The van der Waals surface area contributed by atoms with Crippen LogP contribution in [0.15, 0.2) is 24.3 Å². The van der Waals surface area contributed by atoms with Crippen LogP contribution in [0.1, 0.15) is 58.6 Å². The van der Waals surface area contributed by atoms with Gasteiger partial charge in [-0.15, -0.1) is 0 Å². The van der Waals surface area contributed by atoms with Crippen molar-refractivity contribution < 1.29 is 4.79 Å². The molecule has 0 bridgehead atoms. The van der Waals surface area contributed by atoms with E-state index in [2.05, 4.69) is 64.6 Å². The molecule has 0 unspecified atom stereocenters. The van der Waals surface area contributed by atoms with E-state index in [0.29, 0.717) is 0 Å². The number of carbonyl (C=O) groups excluding carboxylic acids is 1. The Morgan fingerprint density at radius 2 is 1.68 bits per heavy atom. The van der Waals surface area contributed by atoms with Gasteiger partial charge >= 0.3 is 0 Å². The lowest BCUT2D eigenvalue weighted by Gasteiger charge is -1.98. The largest absolute Gasteiger partial charge is 0.370 e. The van der Waals surface area contributed by atoms with Gasteiger partial charge in [0.15, 0.2) is 0 Å². The third kappa shape index (κ3) is 16.7. The molecule has 0 saturated heterocycles. The van der Waals surface area contributed by atoms with E-state index in [1.807, 2.05) is 0 Å². The molecule has 0 aliphatic rings. The summed E-state index contributed by atoms with van der Waals surface area (Å²) < 4.78 is 0. The quantitative estimate of drug-likeness (QED) is 0.859. The van der Waals surface area contributed by atoms with Crippen molar-refractivity contribution in [2.24, 2.45) is 11.7 Å². The fourth-order valence-electron chi connectivity index (χ4n) is 1.22. The highest BCUT2D eigenvalue weighted by Gasteiger charge is 1.88. The number of hydrogen-bond acceptors (Lipinski definition) is 1. The minimum atomic E-state index is -0.333. The Morgan fingerprint density at radius 3 is 1.89 bits per heavy atom. The molecule has 110 valence electrons. The van der Waals surface area contributed by atoms with Crippen molar-refractivity contribution in [3.05, 3.63) is 35.4 Å². The lowest BCUT2D eigenvalue weighted by Crippen LogP contribution is -2.01. The van der Waals surface area contributed by atoms with Crippen molar-refractivity contribution in [1.82, 2.24) is 0 Å². The number of amides is 1. The summed E-state index contributed by atoms with van der Waals surface area (Å²) >= 11 is 0. The normalized spacial score (nSPS) is 9.00. The number of nitrogens with two attached hydrogens (primary N) is 1. The molecule has 2 N–H and O–H groups in total. The maximum absolute atomic E-state index is 9.22. The number of primary amides is 1. The maximum atomic E-state index is 9.22.